The number of nitrogens with zero attached hydrogens (tertiary/aromatic N) is 3. The Morgan fingerprint density at radius 2 is 1.14 bits per heavy atom. The van der Waals surface area contributed by atoms with E-state index >= 15 is 0 Å². The van der Waals surface area contributed by atoms with Gasteiger partial charge in [-0.2, -0.15) is 0 Å². The summed E-state index contributed by atoms with van der Waals surface area (Å²) in [5.74, 6) is -0.0395. The van der Waals surface area contributed by atoms with Crippen LogP contribution in [0.1, 0.15) is 22.8 Å². The largest absolute Gasteiger partial charge is 0.250 e. The van der Waals surface area contributed by atoms with Crippen molar-refractivity contribution in [2.75, 3.05) is 0 Å². The molecule has 0 amide bonds. The second kappa shape index (κ2) is 8.74. The number of hydrogen-bond acceptors (Lipinski definition) is 3. The Morgan fingerprint density at radius 1 is 0.607 bits per heavy atom. The van der Waals surface area contributed by atoms with Gasteiger partial charge in [0.15, 0.2) is 17.5 Å². The fourth-order valence-corrected chi connectivity index (χ4v) is 2.85. The maximum absolute atomic E-state index is 5.96. The van der Waals surface area contributed by atoms with Gasteiger partial charge in [-0.15, -0.1) is 0 Å². The predicted octanol–water partition coefficient (Wildman–Crippen LogP) is 7.36. The minimum atomic E-state index is -1.91. The highest BCUT2D eigenvalue weighted by Crippen LogP contribution is 2.41. The summed E-state index contributed by atoms with van der Waals surface area (Å²) < 4.78 is -3.81. The van der Waals surface area contributed by atoms with E-state index < -0.39 is 7.59 Å². The monoisotopic (exact) mass is 491 g/mol. The molecule has 0 unspecified atom stereocenters. The highest BCUT2D eigenvalue weighted by Gasteiger charge is 2.34. The zero-order valence-electron chi connectivity index (χ0n) is 14.0. The molecule has 9 heteroatoms. The SMILES string of the molecule is ClC(Cl)(Cl)c1nc(-c2ccccc2/C=C\c2ccccc2)nc(C(Cl)(Cl)Cl)n1. The molecule has 3 nitrogen and oxygen atoms in total. The first-order chi connectivity index (χ1) is 13.1. The molecule has 0 N–H and O–H groups in total. The molecule has 0 atom stereocenters. The molecule has 1 heterocycles. The van der Waals surface area contributed by atoms with Crippen molar-refractivity contribution < 1.29 is 0 Å². The number of hydrogen-bond donors (Lipinski definition) is 0. The normalized spacial score (nSPS) is 12.5. The van der Waals surface area contributed by atoms with E-state index in [4.69, 9.17) is 69.6 Å². The van der Waals surface area contributed by atoms with Gasteiger partial charge in [0.2, 0.25) is 7.59 Å². The zero-order chi connectivity index (χ0) is 20.4. The lowest BCUT2D eigenvalue weighted by atomic mass is 10.1. The molecular weight excluding hydrogens is 483 g/mol. The van der Waals surface area contributed by atoms with E-state index in [9.17, 15) is 0 Å². The zero-order valence-corrected chi connectivity index (χ0v) is 18.5. The average molecular weight is 494 g/mol. The van der Waals surface area contributed by atoms with E-state index in [0.717, 1.165) is 11.1 Å². The van der Waals surface area contributed by atoms with E-state index in [0.29, 0.717) is 5.56 Å². The van der Waals surface area contributed by atoms with Crippen LogP contribution in [0.2, 0.25) is 0 Å². The molecule has 0 aliphatic carbocycles. The third kappa shape index (κ3) is 5.50. The second-order valence-corrected chi connectivity index (χ2v) is 10.2. The Labute approximate surface area is 192 Å². The number of rotatable bonds is 3. The minimum absolute atomic E-state index is 0.134. The van der Waals surface area contributed by atoms with Crippen LogP contribution in [0.15, 0.2) is 54.6 Å². The molecule has 2 aromatic carbocycles. The van der Waals surface area contributed by atoms with E-state index in [1.165, 1.54) is 0 Å². The van der Waals surface area contributed by atoms with Crippen molar-refractivity contribution in [3.63, 3.8) is 0 Å². The first kappa shape index (κ1) is 21.6. The Hall–Kier alpha value is -1.07. The van der Waals surface area contributed by atoms with Gasteiger partial charge in [-0.1, -0.05) is 136 Å². The molecule has 0 bridgehead atoms. The first-order valence-corrected chi connectivity index (χ1v) is 10.1. The van der Waals surface area contributed by atoms with Crippen molar-refractivity contribution in [2.24, 2.45) is 0 Å². The van der Waals surface area contributed by atoms with E-state index in [2.05, 4.69) is 15.0 Å². The molecule has 0 saturated heterocycles. The summed E-state index contributed by atoms with van der Waals surface area (Å²) in [5.41, 5.74) is 2.54. The van der Waals surface area contributed by atoms with Gasteiger partial charge < -0.3 is 0 Å². The summed E-state index contributed by atoms with van der Waals surface area (Å²) in [6.45, 7) is 0. The van der Waals surface area contributed by atoms with Crippen LogP contribution in [0.5, 0.6) is 0 Å². The summed E-state index contributed by atoms with van der Waals surface area (Å²) in [6.07, 6.45) is 3.89. The minimum Gasteiger partial charge on any atom is -0.209 e. The van der Waals surface area contributed by atoms with Gasteiger partial charge in [-0.25, -0.2) is 15.0 Å². The quantitative estimate of drug-likeness (QED) is 0.282. The van der Waals surface area contributed by atoms with Crippen molar-refractivity contribution >= 4 is 81.8 Å². The standard InChI is InChI=1S/C19H11Cl6N3/c20-18(21,22)16-26-15(27-17(28-16)19(23,24)25)14-9-5-4-8-13(14)11-10-12-6-2-1-3-7-12/h1-11H/b11-10-. The molecule has 0 spiro atoms. The van der Waals surface area contributed by atoms with Gasteiger partial charge in [0.1, 0.15) is 0 Å². The first-order valence-electron chi connectivity index (χ1n) is 7.87. The molecule has 0 radical (unpaired) electrons. The topological polar surface area (TPSA) is 38.7 Å². The van der Waals surface area contributed by atoms with Gasteiger partial charge in [0.25, 0.3) is 0 Å². The van der Waals surface area contributed by atoms with Crippen LogP contribution in [0.3, 0.4) is 0 Å². The molecule has 1 aromatic heterocycles. The Morgan fingerprint density at radius 3 is 1.71 bits per heavy atom. The molecule has 0 saturated carbocycles. The lowest BCUT2D eigenvalue weighted by molar-refractivity contribution is 0.851. The fourth-order valence-electron chi connectivity index (χ4n) is 2.35. The van der Waals surface area contributed by atoms with Crippen LogP contribution in [-0.4, -0.2) is 15.0 Å². The third-order valence-corrected chi connectivity index (χ3v) is 4.61. The van der Waals surface area contributed by atoms with Crippen molar-refractivity contribution in [2.45, 2.75) is 7.59 Å². The lowest BCUT2D eigenvalue weighted by Crippen LogP contribution is -2.17. The molecule has 0 aliphatic heterocycles. The third-order valence-electron chi connectivity index (χ3n) is 3.60. The summed E-state index contributed by atoms with van der Waals surface area (Å²) in [4.78, 5) is 12.5. The van der Waals surface area contributed by atoms with Crippen LogP contribution >= 0.6 is 69.6 Å². The van der Waals surface area contributed by atoms with Crippen LogP contribution in [0.4, 0.5) is 0 Å². The number of benzene rings is 2. The summed E-state index contributed by atoms with van der Waals surface area (Å²) in [5, 5.41) is 0. The van der Waals surface area contributed by atoms with E-state index in [1.54, 1.807) is 0 Å². The van der Waals surface area contributed by atoms with Crippen LogP contribution in [0, 0.1) is 0 Å². The van der Waals surface area contributed by atoms with Crippen LogP contribution in [0.25, 0.3) is 23.5 Å². The fraction of sp³-hybridized carbons (Fsp3) is 0.105. The van der Waals surface area contributed by atoms with Gasteiger partial charge in [-0.3, -0.25) is 0 Å². The summed E-state index contributed by atoms with van der Waals surface area (Å²) in [7, 11) is 0. The second-order valence-electron chi connectivity index (χ2n) is 5.63. The molecule has 3 rings (SSSR count). The van der Waals surface area contributed by atoms with Gasteiger partial charge in [-0.05, 0) is 11.1 Å². The van der Waals surface area contributed by atoms with Crippen molar-refractivity contribution in [3.8, 4) is 11.4 Å². The Kier molecular flexibility index (Phi) is 6.76. The van der Waals surface area contributed by atoms with Gasteiger partial charge >= 0.3 is 0 Å². The maximum Gasteiger partial charge on any atom is 0.250 e. The predicted molar refractivity (Wildman–Crippen MR) is 119 cm³/mol. The number of aromatic nitrogens is 3. The van der Waals surface area contributed by atoms with Gasteiger partial charge in [0, 0.05) is 5.56 Å². The highest BCUT2D eigenvalue weighted by atomic mass is 35.6. The van der Waals surface area contributed by atoms with Crippen LogP contribution in [-0.2, 0) is 7.59 Å². The summed E-state index contributed by atoms with van der Waals surface area (Å²) in [6, 6.07) is 17.3. The summed E-state index contributed by atoms with van der Waals surface area (Å²) >= 11 is 35.7. The number of alkyl halides is 6. The van der Waals surface area contributed by atoms with Crippen molar-refractivity contribution in [1.82, 2.24) is 15.0 Å². The smallest absolute Gasteiger partial charge is 0.209 e. The van der Waals surface area contributed by atoms with Gasteiger partial charge in [0.05, 0.1) is 0 Å². The molecule has 144 valence electrons. The Bertz CT molecular complexity index is 962. The molecular formula is C19H11Cl6N3. The average Bonchev–Trinajstić information content (AvgIpc) is 2.66. The highest BCUT2D eigenvalue weighted by molar-refractivity contribution is 6.67. The van der Waals surface area contributed by atoms with Crippen molar-refractivity contribution in [3.05, 3.63) is 77.4 Å². The van der Waals surface area contributed by atoms with E-state index in [1.807, 2.05) is 66.7 Å². The lowest BCUT2D eigenvalue weighted by Gasteiger charge is -2.16. The molecule has 0 fully saturated rings. The number of halogens is 6. The maximum atomic E-state index is 5.96. The molecule has 28 heavy (non-hydrogen) atoms. The Balaban J connectivity index is 2.12. The molecule has 0 aliphatic rings. The van der Waals surface area contributed by atoms with E-state index in [-0.39, 0.29) is 17.5 Å². The van der Waals surface area contributed by atoms with Crippen molar-refractivity contribution in [1.29, 1.82) is 0 Å². The van der Waals surface area contributed by atoms with Crippen LogP contribution < -0.4 is 0 Å². The molecule has 3 aromatic rings.